The molecule has 0 aromatic rings. The highest BCUT2D eigenvalue weighted by molar-refractivity contribution is 5.69. The van der Waals surface area contributed by atoms with E-state index >= 15 is 0 Å². The first-order chi connectivity index (χ1) is 9.78. The third kappa shape index (κ3) is 2.89. The molecule has 6 nitrogen and oxygen atoms in total. The molecule has 0 saturated carbocycles. The molecule has 1 amide bonds. The van der Waals surface area contributed by atoms with Crippen LogP contribution in [0, 0.1) is 5.92 Å². The van der Waals surface area contributed by atoms with Crippen LogP contribution in [-0.2, 0) is 14.2 Å². The second-order valence-corrected chi connectivity index (χ2v) is 7.48. The Morgan fingerprint density at radius 1 is 1.14 bits per heavy atom. The number of hydrogen-bond acceptors (Lipinski definition) is 5. The van der Waals surface area contributed by atoms with Gasteiger partial charge in [0.05, 0.1) is 44.1 Å². The first-order valence-corrected chi connectivity index (χ1v) is 7.68. The molecule has 2 unspecified atom stereocenters. The van der Waals surface area contributed by atoms with E-state index in [1.165, 1.54) is 0 Å². The lowest BCUT2D eigenvalue weighted by Gasteiger charge is -2.54. The van der Waals surface area contributed by atoms with Crippen molar-refractivity contribution in [2.75, 3.05) is 26.4 Å². The molecule has 1 N–H and O–H groups in total. The molecule has 3 aliphatic heterocycles. The highest BCUT2D eigenvalue weighted by Gasteiger charge is 2.53. The van der Waals surface area contributed by atoms with Crippen molar-refractivity contribution in [2.24, 2.45) is 5.92 Å². The molecule has 3 fully saturated rings. The van der Waals surface area contributed by atoms with Crippen molar-refractivity contribution in [2.45, 2.75) is 56.9 Å². The van der Waals surface area contributed by atoms with Crippen molar-refractivity contribution in [1.82, 2.24) is 4.90 Å². The van der Waals surface area contributed by atoms with E-state index < -0.39 is 11.2 Å². The molecule has 2 atom stereocenters. The highest BCUT2D eigenvalue weighted by atomic mass is 16.6. The third-order valence-electron chi connectivity index (χ3n) is 4.59. The topological polar surface area (TPSA) is 68.2 Å². The van der Waals surface area contributed by atoms with Crippen molar-refractivity contribution in [3.63, 3.8) is 0 Å². The van der Waals surface area contributed by atoms with Gasteiger partial charge in [-0.15, -0.1) is 0 Å². The van der Waals surface area contributed by atoms with Crippen LogP contribution in [0.15, 0.2) is 0 Å². The number of hydrogen-bond donors (Lipinski definition) is 1. The standard InChI is InChI=1S/C15H25NO5/c1-14(2,3)21-13(17)16-11-4-15(18,10-6-19-7-10)5-12(16)9-20-8-11/h10-12,18H,4-9H2,1-3H3. The van der Waals surface area contributed by atoms with Crippen LogP contribution < -0.4 is 0 Å². The molecule has 3 saturated heterocycles. The quantitative estimate of drug-likeness (QED) is 0.787. The number of ether oxygens (including phenoxy) is 3. The molecule has 0 aromatic carbocycles. The minimum Gasteiger partial charge on any atom is -0.444 e. The van der Waals surface area contributed by atoms with Crippen LogP contribution in [0.3, 0.4) is 0 Å². The normalized spacial score (nSPS) is 37.0. The van der Waals surface area contributed by atoms with E-state index in [-0.39, 0.29) is 24.1 Å². The van der Waals surface area contributed by atoms with Gasteiger partial charge in [-0.25, -0.2) is 4.79 Å². The first-order valence-electron chi connectivity index (χ1n) is 7.68. The molecule has 21 heavy (non-hydrogen) atoms. The summed E-state index contributed by atoms with van der Waals surface area (Å²) >= 11 is 0. The zero-order chi connectivity index (χ0) is 15.3. The van der Waals surface area contributed by atoms with E-state index in [2.05, 4.69) is 0 Å². The van der Waals surface area contributed by atoms with Gasteiger partial charge in [-0.05, 0) is 33.6 Å². The van der Waals surface area contributed by atoms with Crippen molar-refractivity contribution < 1.29 is 24.1 Å². The molecular formula is C15H25NO5. The van der Waals surface area contributed by atoms with E-state index in [1.54, 1.807) is 4.90 Å². The summed E-state index contributed by atoms with van der Waals surface area (Å²) in [4.78, 5) is 14.2. The van der Waals surface area contributed by atoms with Gasteiger partial charge in [0.1, 0.15) is 5.60 Å². The minimum atomic E-state index is -0.740. The van der Waals surface area contributed by atoms with Gasteiger partial charge in [0, 0.05) is 5.92 Å². The van der Waals surface area contributed by atoms with Gasteiger partial charge in [0.25, 0.3) is 0 Å². The fourth-order valence-electron chi connectivity index (χ4n) is 3.50. The van der Waals surface area contributed by atoms with Crippen LogP contribution in [-0.4, -0.2) is 65.8 Å². The number of rotatable bonds is 1. The second kappa shape index (κ2) is 5.11. The predicted molar refractivity (Wildman–Crippen MR) is 75.0 cm³/mol. The lowest BCUT2D eigenvalue weighted by atomic mass is 9.72. The van der Waals surface area contributed by atoms with E-state index in [0.29, 0.717) is 39.3 Å². The molecule has 3 aliphatic rings. The summed E-state index contributed by atoms with van der Waals surface area (Å²) in [5, 5.41) is 10.9. The maximum absolute atomic E-state index is 12.4. The van der Waals surface area contributed by atoms with Crippen LogP contribution in [0.1, 0.15) is 33.6 Å². The Morgan fingerprint density at radius 2 is 1.67 bits per heavy atom. The number of piperidine rings is 1. The zero-order valence-electron chi connectivity index (χ0n) is 13.0. The molecular weight excluding hydrogens is 274 g/mol. The molecule has 0 spiro atoms. The Morgan fingerprint density at radius 3 is 2.10 bits per heavy atom. The predicted octanol–water partition coefficient (Wildman–Crippen LogP) is 1.16. The number of carbonyl (C=O) groups is 1. The van der Waals surface area contributed by atoms with Crippen LogP contribution in [0.5, 0.6) is 0 Å². The molecule has 2 bridgehead atoms. The average Bonchev–Trinajstić information content (AvgIpc) is 2.21. The van der Waals surface area contributed by atoms with E-state index in [1.807, 2.05) is 20.8 Å². The fourth-order valence-corrected chi connectivity index (χ4v) is 3.50. The molecule has 3 rings (SSSR count). The summed E-state index contributed by atoms with van der Waals surface area (Å²) in [6.45, 7) is 7.75. The number of carbonyl (C=O) groups excluding carboxylic acids is 1. The molecule has 3 heterocycles. The van der Waals surface area contributed by atoms with Gasteiger partial charge >= 0.3 is 6.09 Å². The monoisotopic (exact) mass is 299 g/mol. The smallest absolute Gasteiger partial charge is 0.410 e. The Kier molecular flexibility index (Phi) is 3.66. The fraction of sp³-hybridized carbons (Fsp3) is 0.933. The second-order valence-electron chi connectivity index (χ2n) is 7.48. The van der Waals surface area contributed by atoms with Crippen LogP contribution in [0.2, 0.25) is 0 Å². The third-order valence-corrected chi connectivity index (χ3v) is 4.59. The molecule has 0 radical (unpaired) electrons. The van der Waals surface area contributed by atoms with Crippen molar-refractivity contribution in [3.8, 4) is 0 Å². The lowest BCUT2D eigenvalue weighted by Crippen LogP contribution is -2.67. The van der Waals surface area contributed by atoms with Gasteiger partial charge in [-0.3, -0.25) is 4.90 Å². The van der Waals surface area contributed by atoms with Gasteiger partial charge in [-0.1, -0.05) is 0 Å². The number of nitrogens with zero attached hydrogens (tertiary/aromatic N) is 1. The van der Waals surface area contributed by atoms with Gasteiger partial charge in [0.15, 0.2) is 0 Å². The summed E-state index contributed by atoms with van der Waals surface area (Å²) < 4.78 is 16.3. The van der Waals surface area contributed by atoms with Crippen molar-refractivity contribution in [3.05, 3.63) is 0 Å². The molecule has 0 aliphatic carbocycles. The number of aliphatic hydroxyl groups is 1. The molecule has 0 aromatic heterocycles. The van der Waals surface area contributed by atoms with E-state index in [9.17, 15) is 9.90 Å². The Bertz CT molecular complexity index is 401. The number of morpholine rings is 1. The van der Waals surface area contributed by atoms with Crippen molar-refractivity contribution >= 4 is 6.09 Å². The Hall–Kier alpha value is -0.850. The van der Waals surface area contributed by atoms with Gasteiger partial charge in [-0.2, -0.15) is 0 Å². The van der Waals surface area contributed by atoms with Crippen molar-refractivity contribution in [1.29, 1.82) is 0 Å². The summed E-state index contributed by atoms with van der Waals surface area (Å²) in [5.41, 5.74) is -1.25. The summed E-state index contributed by atoms with van der Waals surface area (Å²) in [6.07, 6.45) is 0.779. The summed E-state index contributed by atoms with van der Waals surface area (Å²) in [7, 11) is 0. The Labute approximate surface area is 125 Å². The maximum atomic E-state index is 12.4. The zero-order valence-corrected chi connectivity index (χ0v) is 13.0. The van der Waals surface area contributed by atoms with Crippen LogP contribution >= 0.6 is 0 Å². The van der Waals surface area contributed by atoms with Crippen LogP contribution in [0.25, 0.3) is 0 Å². The van der Waals surface area contributed by atoms with Gasteiger partial charge in [0.2, 0.25) is 0 Å². The maximum Gasteiger partial charge on any atom is 0.410 e. The lowest BCUT2D eigenvalue weighted by molar-refractivity contribution is -0.202. The van der Waals surface area contributed by atoms with E-state index in [0.717, 1.165) is 0 Å². The SMILES string of the molecule is CC(C)(C)OC(=O)N1C2COCC1CC(O)(C1COC1)C2. The number of amides is 1. The Balaban J connectivity index is 1.74. The summed E-state index contributed by atoms with van der Waals surface area (Å²) in [6, 6.07) is -0.226. The number of fused-ring (bicyclic) bond motifs is 2. The minimum absolute atomic E-state index is 0.113. The summed E-state index contributed by atoms with van der Waals surface area (Å²) in [5.74, 6) is 0.182. The van der Waals surface area contributed by atoms with Gasteiger partial charge < -0.3 is 19.3 Å². The largest absolute Gasteiger partial charge is 0.444 e. The highest BCUT2D eigenvalue weighted by Crippen LogP contribution is 2.41. The molecule has 120 valence electrons. The van der Waals surface area contributed by atoms with Crippen LogP contribution in [0.4, 0.5) is 4.79 Å². The first kappa shape index (κ1) is 15.1. The molecule has 6 heteroatoms. The van der Waals surface area contributed by atoms with E-state index in [4.69, 9.17) is 14.2 Å². The average molecular weight is 299 g/mol.